The van der Waals surface area contributed by atoms with Crippen LogP contribution < -0.4 is 14.5 Å². The summed E-state index contributed by atoms with van der Waals surface area (Å²) < 4.78 is 6.20. The predicted octanol–water partition coefficient (Wildman–Crippen LogP) is 5.16. The van der Waals surface area contributed by atoms with Crippen LogP contribution in [0.2, 0.25) is 0 Å². The molecule has 180 valence electrons. The van der Waals surface area contributed by atoms with E-state index in [1.165, 1.54) is 38.5 Å². The van der Waals surface area contributed by atoms with Crippen LogP contribution in [0.3, 0.4) is 0 Å². The van der Waals surface area contributed by atoms with E-state index in [2.05, 4.69) is 46.1 Å². The maximum Gasteiger partial charge on any atom is 0.175 e. The Balaban J connectivity index is 1.03. The van der Waals surface area contributed by atoms with E-state index in [1.807, 2.05) is 24.7 Å². The number of rotatable bonds is 3. The molecule has 0 radical (unpaired) electrons. The van der Waals surface area contributed by atoms with Crippen LogP contribution in [-0.4, -0.2) is 47.2 Å². The first-order valence-corrected chi connectivity index (χ1v) is 13.6. The highest BCUT2D eigenvalue weighted by Crippen LogP contribution is 2.51. The molecule has 7 heteroatoms. The summed E-state index contributed by atoms with van der Waals surface area (Å²) in [5, 5.41) is 0.888. The van der Waals surface area contributed by atoms with Gasteiger partial charge in [-0.3, -0.25) is 0 Å². The SMILES string of the molecule is CN1c2nccc(Sc3cnc(N4CCC5(CC4)Cc4ccccc4C5)cn3)c2OCCC12CC2. The zero-order chi connectivity index (χ0) is 23.5. The largest absolute Gasteiger partial charge is 0.488 e. The molecule has 6 nitrogen and oxygen atoms in total. The highest BCUT2D eigenvalue weighted by atomic mass is 32.2. The third kappa shape index (κ3) is 3.75. The van der Waals surface area contributed by atoms with Crippen LogP contribution in [0.5, 0.6) is 5.75 Å². The molecule has 2 aliphatic heterocycles. The summed E-state index contributed by atoms with van der Waals surface area (Å²) >= 11 is 1.61. The maximum absolute atomic E-state index is 6.20. The number of fused-ring (bicyclic) bond motifs is 2. The molecule has 2 spiro atoms. The molecule has 4 aliphatic rings. The number of ether oxygens (including phenoxy) is 1. The van der Waals surface area contributed by atoms with E-state index in [0.717, 1.165) is 53.4 Å². The quantitative estimate of drug-likeness (QED) is 0.508. The van der Waals surface area contributed by atoms with Gasteiger partial charge in [0, 0.05) is 38.3 Å². The van der Waals surface area contributed by atoms with Crippen molar-refractivity contribution < 1.29 is 4.74 Å². The average molecular weight is 486 g/mol. The smallest absolute Gasteiger partial charge is 0.175 e. The van der Waals surface area contributed by atoms with Gasteiger partial charge in [-0.15, -0.1) is 0 Å². The molecule has 0 bridgehead atoms. The Hall–Kier alpha value is -2.80. The molecule has 0 N–H and O–H groups in total. The number of hydrogen-bond donors (Lipinski definition) is 0. The van der Waals surface area contributed by atoms with E-state index in [0.29, 0.717) is 5.41 Å². The van der Waals surface area contributed by atoms with Gasteiger partial charge in [-0.25, -0.2) is 15.0 Å². The fourth-order valence-corrected chi connectivity index (χ4v) is 7.12. The molecule has 2 fully saturated rings. The van der Waals surface area contributed by atoms with Crippen LogP contribution in [-0.2, 0) is 12.8 Å². The zero-order valence-corrected chi connectivity index (χ0v) is 21.1. The van der Waals surface area contributed by atoms with Crippen LogP contribution >= 0.6 is 11.8 Å². The normalized spacial score (nSPS) is 21.4. The Labute approximate surface area is 211 Å². The van der Waals surface area contributed by atoms with E-state index in [1.54, 1.807) is 22.9 Å². The lowest BCUT2D eigenvalue weighted by Crippen LogP contribution is -2.41. The van der Waals surface area contributed by atoms with Gasteiger partial charge < -0.3 is 14.5 Å². The van der Waals surface area contributed by atoms with Crippen molar-refractivity contribution in [1.82, 2.24) is 15.0 Å². The Morgan fingerprint density at radius 3 is 2.34 bits per heavy atom. The Morgan fingerprint density at radius 1 is 0.886 bits per heavy atom. The molecule has 35 heavy (non-hydrogen) atoms. The van der Waals surface area contributed by atoms with Crippen molar-refractivity contribution in [3.63, 3.8) is 0 Å². The highest BCUT2D eigenvalue weighted by molar-refractivity contribution is 7.99. The molecule has 4 heterocycles. The van der Waals surface area contributed by atoms with Gasteiger partial charge in [-0.1, -0.05) is 36.0 Å². The Kier molecular flexibility index (Phi) is 4.98. The summed E-state index contributed by atoms with van der Waals surface area (Å²) in [4.78, 5) is 20.0. The van der Waals surface area contributed by atoms with Crippen molar-refractivity contribution in [2.45, 2.75) is 60.4 Å². The molecule has 0 unspecified atom stereocenters. The summed E-state index contributed by atoms with van der Waals surface area (Å²) in [6, 6.07) is 11.0. The molecule has 1 saturated carbocycles. The second-order valence-corrected chi connectivity index (χ2v) is 11.8. The number of pyridine rings is 1. The zero-order valence-electron chi connectivity index (χ0n) is 20.2. The lowest BCUT2D eigenvalue weighted by molar-refractivity contribution is 0.232. The van der Waals surface area contributed by atoms with Crippen molar-refractivity contribution in [2.24, 2.45) is 5.41 Å². The van der Waals surface area contributed by atoms with Gasteiger partial charge in [0.2, 0.25) is 0 Å². The number of nitrogens with zero attached hydrogens (tertiary/aromatic N) is 5. The summed E-state index contributed by atoms with van der Waals surface area (Å²) in [6.45, 7) is 2.84. The van der Waals surface area contributed by atoms with Crippen molar-refractivity contribution in [2.75, 3.05) is 36.5 Å². The third-order valence-corrected chi connectivity index (χ3v) is 9.71. The van der Waals surface area contributed by atoms with Gasteiger partial charge in [0.15, 0.2) is 11.6 Å². The van der Waals surface area contributed by atoms with Crippen LogP contribution in [0, 0.1) is 5.41 Å². The molecule has 1 aromatic carbocycles. The number of hydrogen-bond acceptors (Lipinski definition) is 7. The molecule has 0 atom stereocenters. The topological polar surface area (TPSA) is 54.4 Å². The van der Waals surface area contributed by atoms with Gasteiger partial charge in [-0.2, -0.15) is 0 Å². The number of anilines is 2. The lowest BCUT2D eigenvalue weighted by atomic mass is 9.76. The standard InChI is InChI=1S/C28H31N5OS/c1-32-26-25(34-15-11-28(32)7-8-28)22(6-12-29-26)35-24-19-30-23(18-31-24)33-13-9-27(10-14-33)16-20-4-2-3-5-21(20)17-27/h2-6,12,18-19H,7-11,13-17H2,1H3. The molecule has 2 aliphatic carbocycles. The number of piperidine rings is 1. The predicted molar refractivity (Wildman–Crippen MR) is 139 cm³/mol. The fraction of sp³-hybridized carbons (Fsp3) is 0.464. The molecule has 3 aromatic rings. The minimum atomic E-state index is 0.247. The Morgan fingerprint density at radius 2 is 1.66 bits per heavy atom. The van der Waals surface area contributed by atoms with E-state index in [-0.39, 0.29) is 5.54 Å². The summed E-state index contributed by atoms with van der Waals surface area (Å²) in [7, 11) is 2.16. The molecular weight excluding hydrogens is 454 g/mol. The second-order valence-electron chi connectivity index (χ2n) is 10.8. The maximum atomic E-state index is 6.20. The van der Waals surface area contributed by atoms with Crippen LogP contribution in [0.4, 0.5) is 11.6 Å². The molecule has 1 saturated heterocycles. The first-order chi connectivity index (χ1) is 17.1. The van der Waals surface area contributed by atoms with Crippen LogP contribution in [0.1, 0.15) is 43.2 Å². The first-order valence-electron chi connectivity index (χ1n) is 12.8. The van der Waals surface area contributed by atoms with Crippen molar-refractivity contribution >= 4 is 23.4 Å². The van der Waals surface area contributed by atoms with Gasteiger partial charge in [-0.05, 0) is 61.1 Å². The number of benzene rings is 1. The van der Waals surface area contributed by atoms with Crippen LogP contribution in [0.25, 0.3) is 0 Å². The first kappa shape index (κ1) is 21.5. The van der Waals surface area contributed by atoms with Gasteiger partial charge in [0.1, 0.15) is 10.8 Å². The van der Waals surface area contributed by atoms with Gasteiger partial charge >= 0.3 is 0 Å². The summed E-state index contributed by atoms with van der Waals surface area (Å²) in [5.41, 5.74) is 3.80. The highest BCUT2D eigenvalue weighted by Gasteiger charge is 2.49. The minimum absolute atomic E-state index is 0.247. The van der Waals surface area contributed by atoms with Crippen molar-refractivity contribution in [3.8, 4) is 5.75 Å². The molecule has 2 aromatic heterocycles. The average Bonchev–Trinajstić information content (AvgIpc) is 3.61. The van der Waals surface area contributed by atoms with Crippen LogP contribution in [0.15, 0.2) is 58.8 Å². The monoisotopic (exact) mass is 485 g/mol. The minimum Gasteiger partial charge on any atom is -0.488 e. The van der Waals surface area contributed by atoms with E-state index >= 15 is 0 Å². The lowest BCUT2D eigenvalue weighted by Gasteiger charge is -2.39. The molecule has 0 amide bonds. The summed E-state index contributed by atoms with van der Waals surface area (Å²) in [6.07, 6.45) is 14.1. The van der Waals surface area contributed by atoms with E-state index in [9.17, 15) is 0 Å². The van der Waals surface area contributed by atoms with Gasteiger partial charge in [0.25, 0.3) is 0 Å². The van der Waals surface area contributed by atoms with Gasteiger partial charge in [0.05, 0.1) is 23.9 Å². The molecular formula is C28H31N5OS. The summed E-state index contributed by atoms with van der Waals surface area (Å²) in [5.74, 6) is 2.82. The van der Waals surface area contributed by atoms with Crippen molar-refractivity contribution in [3.05, 3.63) is 60.0 Å². The van der Waals surface area contributed by atoms with Crippen molar-refractivity contribution in [1.29, 1.82) is 0 Å². The second kappa shape index (κ2) is 8.12. The Bertz CT molecular complexity index is 1220. The number of aromatic nitrogens is 3. The fourth-order valence-electron chi connectivity index (χ4n) is 6.31. The van der Waals surface area contributed by atoms with E-state index < -0.39 is 0 Å². The van der Waals surface area contributed by atoms with E-state index in [4.69, 9.17) is 14.7 Å². The molecule has 7 rings (SSSR count). The third-order valence-electron chi connectivity index (χ3n) is 8.75.